The van der Waals surface area contributed by atoms with Gasteiger partial charge in [-0.05, 0) is 32.8 Å². The first-order chi connectivity index (χ1) is 12.7. The normalized spacial score (nSPS) is 23.3. The molecule has 1 N–H and O–H groups in total. The predicted octanol–water partition coefficient (Wildman–Crippen LogP) is 2.39. The summed E-state index contributed by atoms with van der Waals surface area (Å²) in [6.07, 6.45) is 1.82. The van der Waals surface area contributed by atoms with Gasteiger partial charge in [0.05, 0.1) is 7.11 Å². The molecule has 1 aliphatic rings. The van der Waals surface area contributed by atoms with Gasteiger partial charge in [0, 0.05) is 24.1 Å². The lowest BCUT2D eigenvalue weighted by Gasteiger charge is -2.32. The zero-order valence-corrected chi connectivity index (χ0v) is 16.5. The van der Waals surface area contributed by atoms with Gasteiger partial charge in [-0.1, -0.05) is 25.0 Å². The third-order valence-corrected chi connectivity index (χ3v) is 4.31. The van der Waals surface area contributed by atoms with Crippen molar-refractivity contribution in [1.29, 1.82) is 0 Å². The van der Waals surface area contributed by atoms with Crippen LogP contribution in [0.25, 0.3) is 0 Å². The van der Waals surface area contributed by atoms with Crippen LogP contribution in [-0.2, 0) is 28.6 Å². The Hall–Kier alpha value is -2.41. The molecule has 7 nitrogen and oxygen atoms in total. The van der Waals surface area contributed by atoms with Gasteiger partial charge in [0.2, 0.25) is 0 Å². The smallest absolute Gasteiger partial charge is 0.333 e. The monoisotopic (exact) mass is 380 g/mol. The fraction of sp³-hybridized carbons (Fsp3) is 0.550. The van der Waals surface area contributed by atoms with Crippen LogP contribution in [0.5, 0.6) is 0 Å². The second-order valence-electron chi connectivity index (χ2n) is 6.44. The van der Waals surface area contributed by atoms with Gasteiger partial charge in [-0.25, -0.2) is 14.4 Å². The molecule has 0 saturated carbocycles. The van der Waals surface area contributed by atoms with Gasteiger partial charge in [0.1, 0.15) is 12.2 Å². The van der Waals surface area contributed by atoms with Gasteiger partial charge in [-0.15, -0.1) is 0 Å². The zero-order chi connectivity index (χ0) is 20.6. The molecule has 0 fully saturated rings. The minimum atomic E-state index is -1.30. The first kappa shape index (κ1) is 22.6. The third-order valence-electron chi connectivity index (χ3n) is 4.31. The van der Waals surface area contributed by atoms with Gasteiger partial charge in [-0.3, -0.25) is 0 Å². The molecule has 0 bridgehead atoms. The summed E-state index contributed by atoms with van der Waals surface area (Å²) in [7, 11) is 1.22. The number of ether oxygens (including phenoxy) is 3. The zero-order valence-electron chi connectivity index (χ0n) is 16.5. The van der Waals surface area contributed by atoms with E-state index in [9.17, 15) is 19.5 Å². The number of methoxy groups -OCH3 is 1. The van der Waals surface area contributed by atoms with Crippen LogP contribution in [0.3, 0.4) is 0 Å². The summed E-state index contributed by atoms with van der Waals surface area (Å²) in [5.74, 6) is -1.91. The molecule has 0 aromatic carbocycles. The highest BCUT2D eigenvalue weighted by Gasteiger charge is 2.39. The highest BCUT2D eigenvalue weighted by atomic mass is 16.6. The first-order valence-electron chi connectivity index (χ1n) is 8.94. The molecule has 0 radical (unpaired) electrons. The van der Waals surface area contributed by atoms with E-state index in [4.69, 9.17) is 9.47 Å². The highest BCUT2D eigenvalue weighted by molar-refractivity contribution is 5.89. The summed E-state index contributed by atoms with van der Waals surface area (Å²) in [4.78, 5) is 36.0. The van der Waals surface area contributed by atoms with Crippen LogP contribution in [0.15, 0.2) is 34.9 Å². The van der Waals surface area contributed by atoms with Gasteiger partial charge < -0.3 is 19.3 Å². The van der Waals surface area contributed by atoms with E-state index in [2.05, 4.69) is 4.74 Å². The topological polar surface area (TPSA) is 99.1 Å². The standard InChI is InChI=1S/C20H28O7/c1-6-12(3)8-17(22)26-16-11-14(20(24)25-5)10-15(21)19(16)27-18(23)9-13(4)7-2/h8-10,15-16,19,21H,6-7,11H2,1-5H3. The van der Waals surface area contributed by atoms with E-state index >= 15 is 0 Å². The maximum atomic E-state index is 12.1. The molecular weight excluding hydrogens is 352 g/mol. The molecule has 0 aromatic rings. The molecule has 1 rings (SSSR count). The molecule has 0 aliphatic heterocycles. The number of carbonyl (C=O) groups excluding carboxylic acids is 3. The van der Waals surface area contributed by atoms with Gasteiger partial charge >= 0.3 is 17.9 Å². The van der Waals surface area contributed by atoms with E-state index in [0.717, 1.165) is 11.1 Å². The van der Waals surface area contributed by atoms with Gasteiger partial charge in [0.25, 0.3) is 0 Å². The van der Waals surface area contributed by atoms with Crippen molar-refractivity contribution in [3.63, 3.8) is 0 Å². The average molecular weight is 380 g/mol. The Morgan fingerprint density at radius 1 is 1.07 bits per heavy atom. The fourth-order valence-electron chi connectivity index (χ4n) is 2.42. The van der Waals surface area contributed by atoms with Crippen LogP contribution >= 0.6 is 0 Å². The van der Waals surface area contributed by atoms with Crippen molar-refractivity contribution in [3.8, 4) is 0 Å². The lowest BCUT2D eigenvalue weighted by Crippen LogP contribution is -2.46. The molecule has 0 heterocycles. The van der Waals surface area contributed by atoms with Crippen LogP contribution in [-0.4, -0.2) is 48.4 Å². The molecule has 27 heavy (non-hydrogen) atoms. The average Bonchev–Trinajstić information content (AvgIpc) is 2.62. The molecule has 3 atom stereocenters. The van der Waals surface area contributed by atoms with E-state index in [1.54, 1.807) is 13.8 Å². The van der Waals surface area contributed by atoms with E-state index < -0.39 is 36.2 Å². The second-order valence-corrected chi connectivity index (χ2v) is 6.44. The number of aliphatic hydroxyl groups excluding tert-OH is 1. The van der Waals surface area contributed by atoms with Crippen molar-refractivity contribution in [2.24, 2.45) is 0 Å². The molecular formula is C20H28O7. The SMILES string of the molecule is CCC(C)=CC(=O)OC1CC(C(=O)OC)=CC(O)C1OC(=O)C=C(C)CC. The molecule has 1 aliphatic carbocycles. The van der Waals surface area contributed by atoms with Crippen LogP contribution in [0.1, 0.15) is 47.0 Å². The molecule has 7 heteroatoms. The van der Waals surface area contributed by atoms with E-state index in [0.29, 0.717) is 12.8 Å². The van der Waals surface area contributed by atoms with Crippen LogP contribution in [0.4, 0.5) is 0 Å². The Balaban J connectivity index is 3.06. The number of carbonyl (C=O) groups is 3. The Bertz CT molecular complexity index is 657. The molecule has 0 spiro atoms. The first-order valence-corrected chi connectivity index (χ1v) is 8.94. The van der Waals surface area contributed by atoms with Crippen molar-refractivity contribution >= 4 is 17.9 Å². The minimum Gasteiger partial charge on any atom is -0.466 e. The molecule has 3 unspecified atom stereocenters. The van der Waals surface area contributed by atoms with Gasteiger partial charge in [-0.2, -0.15) is 0 Å². The Labute approximate surface area is 159 Å². The van der Waals surface area contributed by atoms with Crippen molar-refractivity contribution < 1.29 is 33.7 Å². The summed E-state index contributed by atoms with van der Waals surface area (Å²) in [6, 6.07) is 0. The number of esters is 3. The quantitative estimate of drug-likeness (QED) is 0.411. The third kappa shape index (κ3) is 7.02. The number of rotatable bonds is 7. The number of aliphatic hydroxyl groups is 1. The molecule has 0 amide bonds. The number of hydrogen-bond donors (Lipinski definition) is 1. The second kappa shape index (κ2) is 10.7. The van der Waals surface area contributed by atoms with E-state index in [1.807, 2.05) is 13.8 Å². The maximum absolute atomic E-state index is 12.1. The largest absolute Gasteiger partial charge is 0.466 e. The van der Waals surface area contributed by atoms with Crippen LogP contribution in [0, 0.1) is 0 Å². The van der Waals surface area contributed by atoms with Crippen LogP contribution < -0.4 is 0 Å². The number of hydrogen-bond acceptors (Lipinski definition) is 7. The van der Waals surface area contributed by atoms with Gasteiger partial charge in [0.15, 0.2) is 6.10 Å². The summed E-state index contributed by atoms with van der Waals surface area (Å²) in [5, 5.41) is 10.3. The molecule has 0 saturated heterocycles. The molecule has 0 aromatic heterocycles. The van der Waals surface area contributed by atoms with Crippen molar-refractivity contribution in [3.05, 3.63) is 34.9 Å². The summed E-state index contributed by atoms with van der Waals surface area (Å²) in [5.41, 5.74) is 1.79. The number of allylic oxidation sites excluding steroid dienone is 2. The van der Waals surface area contributed by atoms with E-state index in [1.165, 1.54) is 25.3 Å². The van der Waals surface area contributed by atoms with Crippen molar-refractivity contribution in [2.75, 3.05) is 7.11 Å². The summed E-state index contributed by atoms with van der Waals surface area (Å²) >= 11 is 0. The Morgan fingerprint density at radius 3 is 2.07 bits per heavy atom. The van der Waals surface area contributed by atoms with Crippen LogP contribution in [0.2, 0.25) is 0 Å². The lowest BCUT2D eigenvalue weighted by molar-refractivity contribution is -0.170. The maximum Gasteiger partial charge on any atom is 0.333 e. The lowest BCUT2D eigenvalue weighted by atomic mass is 9.91. The molecule has 150 valence electrons. The summed E-state index contributed by atoms with van der Waals surface area (Å²) in [6.45, 7) is 7.36. The van der Waals surface area contributed by atoms with Crippen molar-refractivity contribution in [1.82, 2.24) is 0 Å². The fourth-order valence-corrected chi connectivity index (χ4v) is 2.42. The minimum absolute atomic E-state index is 0.0249. The summed E-state index contributed by atoms with van der Waals surface area (Å²) < 4.78 is 15.4. The highest BCUT2D eigenvalue weighted by Crippen LogP contribution is 2.26. The van der Waals surface area contributed by atoms with Crippen molar-refractivity contribution in [2.45, 2.75) is 65.3 Å². The Kier molecular flexibility index (Phi) is 8.94. The predicted molar refractivity (Wildman–Crippen MR) is 98.6 cm³/mol. The van der Waals surface area contributed by atoms with E-state index in [-0.39, 0.29) is 12.0 Å². The Morgan fingerprint density at radius 2 is 1.59 bits per heavy atom.